The number of nitrogens with one attached hydrogen (secondary N) is 1. The SMILES string of the molecule is CNCC1(c2cccnc2)CCC1. The van der Waals surface area contributed by atoms with Gasteiger partial charge in [-0.3, -0.25) is 4.98 Å². The summed E-state index contributed by atoms with van der Waals surface area (Å²) in [5, 5.41) is 3.28. The van der Waals surface area contributed by atoms with Gasteiger partial charge in [0.25, 0.3) is 0 Å². The van der Waals surface area contributed by atoms with Gasteiger partial charge >= 0.3 is 0 Å². The highest BCUT2D eigenvalue weighted by Gasteiger charge is 2.37. The second kappa shape index (κ2) is 3.46. The number of hydrogen-bond donors (Lipinski definition) is 1. The number of nitrogens with zero attached hydrogens (tertiary/aromatic N) is 1. The smallest absolute Gasteiger partial charge is 0.0306 e. The molecule has 1 fully saturated rings. The third-order valence-electron chi connectivity index (χ3n) is 3.10. The van der Waals surface area contributed by atoms with Crippen LogP contribution in [0.4, 0.5) is 0 Å². The van der Waals surface area contributed by atoms with Crippen LogP contribution in [0, 0.1) is 0 Å². The minimum absolute atomic E-state index is 0.392. The van der Waals surface area contributed by atoms with Crippen molar-refractivity contribution in [2.75, 3.05) is 13.6 Å². The van der Waals surface area contributed by atoms with E-state index >= 15 is 0 Å². The Kier molecular flexibility index (Phi) is 2.32. The van der Waals surface area contributed by atoms with Crippen LogP contribution in [0.1, 0.15) is 24.8 Å². The zero-order chi connectivity index (χ0) is 9.15. The Balaban J connectivity index is 2.22. The number of likely N-dealkylation sites (N-methyl/N-ethyl adjacent to an activating group) is 1. The van der Waals surface area contributed by atoms with Crippen molar-refractivity contribution in [1.29, 1.82) is 0 Å². The molecule has 0 atom stereocenters. The first kappa shape index (κ1) is 8.70. The van der Waals surface area contributed by atoms with Crippen LogP contribution in [0.3, 0.4) is 0 Å². The zero-order valence-corrected chi connectivity index (χ0v) is 8.09. The average Bonchev–Trinajstić information content (AvgIpc) is 2.13. The minimum atomic E-state index is 0.392. The Morgan fingerprint density at radius 1 is 1.54 bits per heavy atom. The minimum Gasteiger partial charge on any atom is -0.319 e. The van der Waals surface area contributed by atoms with Crippen LogP contribution in [0.5, 0.6) is 0 Å². The van der Waals surface area contributed by atoms with Crippen molar-refractivity contribution in [2.45, 2.75) is 24.7 Å². The molecule has 1 aromatic rings. The average molecular weight is 176 g/mol. The molecule has 0 amide bonds. The molecule has 0 saturated heterocycles. The van der Waals surface area contributed by atoms with Gasteiger partial charge in [0, 0.05) is 24.4 Å². The molecule has 1 saturated carbocycles. The fraction of sp³-hybridized carbons (Fsp3) is 0.545. The lowest BCUT2D eigenvalue weighted by molar-refractivity contribution is 0.238. The summed E-state index contributed by atoms with van der Waals surface area (Å²) in [4.78, 5) is 4.19. The second-order valence-electron chi connectivity index (χ2n) is 3.91. The van der Waals surface area contributed by atoms with Crippen molar-refractivity contribution in [3.63, 3.8) is 0 Å². The maximum atomic E-state index is 4.19. The Morgan fingerprint density at radius 3 is 2.85 bits per heavy atom. The molecule has 0 unspecified atom stereocenters. The van der Waals surface area contributed by atoms with Crippen LogP contribution in [0.25, 0.3) is 0 Å². The number of pyridine rings is 1. The first-order chi connectivity index (χ1) is 6.37. The molecule has 0 spiro atoms. The largest absolute Gasteiger partial charge is 0.319 e. The number of hydrogen-bond acceptors (Lipinski definition) is 2. The predicted octanol–water partition coefficient (Wildman–Crippen LogP) is 1.72. The molecule has 2 heteroatoms. The van der Waals surface area contributed by atoms with Gasteiger partial charge in [0.2, 0.25) is 0 Å². The van der Waals surface area contributed by atoms with Crippen LogP contribution >= 0.6 is 0 Å². The second-order valence-corrected chi connectivity index (χ2v) is 3.91. The van der Waals surface area contributed by atoms with E-state index in [0.717, 1.165) is 6.54 Å². The van der Waals surface area contributed by atoms with Crippen molar-refractivity contribution < 1.29 is 0 Å². The Morgan fingerprint density at radius 2 is 2.38 bits per heavy atom. The van der Waals surface area contributed by atoms with E-state index in [1.807, 2.05) is 25.5 Å². The fourth-order valence-electron chi connectivity index (χ4n) is 2.19. The van der Waals surface area contributed by atoms with Crippen molar-refractivity contribution in [3.05, 3.63) is 30.1 Å². The quantitative estimate of drug-likeness (QED) is 0.758. The Hall–Kier alpha value is -0.890. The summed E-state index contributed by atoms with van der Waals surface area (Å²) >= 11 is 0. The summed E-state index contributed by atoms with van der Waals surface area (Å²) in [6.45, 7) is 1.08. The summed E-state index contributed by atoms with van der Waals surface area (Å²) < 4.78 is 0. The van der Waals surface area contributed by atoms with E-state index in [4.69, 9.17) is 0 Å². The van der Waals surface area contributed by atoms with Gasteiger partial charge in [0.15, 0.2) is 0 Å². The third kappa shape index (κ3) is 1.46. The van der Waals surface area contributed by atoms with Gasteiger partial charge in [-0.15, -0.1) is 0 Å². The summed E-state index contributed by atoms with van der Waals surface area (Å²) in [6, 6.07) is 4.23. The molecule has 70 valence electrons. The molecular formula is C11H16N2. The van der Waals surface area contributed by atoms with Gasteiger partial charge in [-0.25, -0.2) is 0 Å². The molecule has 1 aliphatic carbocycles. The maximum absolute atomic E-state index is 4.19. The maximum Gasteiger partial charge on any atom is 0.0306 e. The lowest BCUT2D eigenvalue weighted by atomic mass is 9.65. The molecule has 1 aromatic heterocycles. The highest BCUT2D eigenvalue weighted by molar-refractivity contribution is 5.25. The molecule has 1 aliphatic rings. The van der Waals surface area contributed by atoms with Crippen molar-refractivity contribution >= 4 is 0 Å². The van der Waals surface area contributed by atoms with Gasteiger partial charge in [0.05, 0.1) is 0 Å². The van der Waals surface area contributed by atoms with Crippen molar-refractivity contribution in [1.82, 2.24) is 10.3 Å². The van der Waals surface area contributed by atoms with E-state index in [1.54, 1.807) is 0 Å². The van der Waals surface area contributed by atoms with E-state index in [2.05, 4.69) is 16.4 Å². The Labute approximate surface area is 79.4 Å². The summed E-state index contributed by atoms with van der Waals surface area (Å²) in [7, 11) is 2.02. The summed E-state index contributed by atoms with van der Waals surface area (Å²) in [5.74, 6) is 0. The van der Waals surface area contributed by atoms with Gasteiger partial charge in [0.1, 0.15) is 0 Å². The molecule has 1 N–H and O–H groups in total. The molecule has 0 aliphatic heterocycles. The van der Waals surface area contributed by atoms with Crippen LogP contribution in [0.15, 0.2) is 24.5 Å². The van der Waals surface area contributed by atoms with E-state index in [-0.39, 0.29) is 0 Å². The molecule has 1 heterocycles. The molecule has 13 heavy (non-hydrogen) atoms. The number of rotatable bonds is 3. The molecular weight excluding hydrogens is 160 g/mol. The first-order valence-corrected chi connectivity index (χ1v) is 4.92. The van der Waals surface area contributed by atoms with E-state index < -0.39 is 0 Å². The van der Waals surface area contributed by atoms with Crippen LogP contribution in [-0.2, 0) is 5.41 Å². The standard InChI is InChI=1S/C11H16N2/c1-12-9-11(5-3-6-11)10-4-2-7-13-8-10/h2,4,7-8,12H,3,5-6,9H2,1H3. The molecule has 2 nitrogen and oxygen atoms in total. The van der Waals surface area contributed by atoms with Gasteiger partial charge in [-0.2, -0.15) is 0 Å². The lowest BCUT2D eigenvalue weighted by Gasteiger charge is -2.42. The van der Waals surface area contributed by atoms with Gasteiger partial charge in [-0.05, 0) is 31.5 Å². The lowest BCUT2D eigenvalue weighted by Crippen LogP contribution is -2.42. The highest BCUT2D eigenvalue weighted by atomic mass is 14.8. The van der Waals surface area contributed by atoms with Gasteiger partial charge in [-0.1, -0.05) is 12.5 Å². The monoisotopic (exact) mass is 176 g/mol. The van der Waals surface area contributed by atoms with Crippen LogP contribution < -0.4 is 5.32 Å². The third-order valence-corrected chi connectivity index (χ3v) is 3.10. The molecule has 0 aromatic carbocycles. The summed E-state index contributed by atoms with van der Waals surface area (Å²) in [5.41, 5.74) is 1.79. The van der Waals surface area contributed by atoms with Crippen LogP contribution in [0.2, 0.25) is 0 Å². The van der Waals surface area contributed by atoms with E-state index in [0.29, 0.717) is 5.41 Å². The Bertz CT molecular complexity index is 265. The van der Waals surface area contributed by atoms with E-state index in [9.17, 15) is 0 Å². The van der Waals surface area contributed by atoms with Crippen molar-refractivity contribution in [3.8, 4) is 0 Å². The van der Waals surface area contributed by atoms with Crippen molar-refractivity contribution in [2.24, 2.45) is 0 Å². The first-order valence-electron chi connectivity index (χ1n) is 4.92. The topological polar surface area (TPSA) is 24.9 Å². The number of aromatic nitrogens is 1. The summed E-state index contributed by atoms with van der Waals surface area (Å²) in [6.07, 6.45) is 7.82. The molecule has 0 bridgehead atoms. The predicted molar refractivity (Wildman–Crippen MR) is 53.7 cm³/mol. The highest BCUT2D eigenvalue weighted by Crippen LogP contribution is 2.42. The van der Waals surface area contributed by atoms with Crippen LogP contribution in [-0.4, -0.2) is 18.6 Å². The van der Waals surface area contributed by atoms with E-state index in [1.165, 1.54) is 24.8 Å². The molecule has 2 rings (SSSR count). The van der Waals surface area contributed by atoms with Gasteiger partial charge < -0.3 is 5.32 Å². The normalized spacial score (nSPS) is 19.5. The molecule has 0 radical (unpaired) electrons. The fourth-order valence-corrected chi connectivity index (χ4v) is 2.19. The zero-order valence-electron chi connectivity index (χ0n) is 8.09.